The van der Waals surface area contributed by atoms with Gasteiger partial charge in [0.1, 0.15) is 5.69 Å². The van der Waals surface area contributed by atoms with Gasteiger partial charge < -0.3 is 9.80 Å². The number of piperidine rings is 1. The van der Waals surface area contributed by atoms with Gasteiger partial charge in [-0.05, 0) is 56.2 Å². The zero-order chi connectivity index (χ0) is 17.0. The van der Waals surface area contributed by atoms with Crippen LogP contribution in [0, 0.1) is 5.92 Å². The minimum atomic E-state index is -1.14. The van der Waals surface area contributed by atoms with E-state index in [4.69, 9.17) is 15.7 Å². The van der Waals surface area contributed by atoms with Crippen molar-refractivity contribution in [2.75, 3.05) is 26.7 Å². The molecule has 23 heavy (non-hydrogen) atoms. The Kier molecular flexibility index (Phi) is 5.90. The molecular formula is C17H25B2N3O. The largest absolute Gasteiger partial charge is 0.341 e. The topological polar surface area (TPSA) is 36.4 Å². The second-order valence-electron chi connectivity index (χ2n) is 6.39. The van der Waals surface area contributed by atoms with Crippen LogP contribution in [0.4, 0.5) is 0 Å². The van der Waals surface area contributed by atoms with E-state index in [0.717, 1.165) is 31.8 Å². The van der Waals surface area contributed by atoms with Crippen molar-refractivity contribution in [3.05, 3.63) is 29.6 Å². The van der Waals surface area contributed by atoms with Crippen LogP contribution in [0.2, 0.25) is 0 Å². The number of hydrogen-bond donors (Lipinski definition) is 0. The predicted molar refractivity (Wildman–Crippen MR) is 94.6 cm³/mol. The number of amides is 1. The molecule has 1 aromatic rings. The highest BCUT2D eigenvalue weighted by Crippen LogP contribution is 2.28. The highest BCUT2D eigenvalue weighted by molar-refractivity contribution is 6.39. The Morgan fingerprint density at radius 2 is 2.00 bits per heavy atom. The SMILES string of the molecule is [B]C([B])(c1cccc(C(=O)N(C)CC)n1)N1CCC(CC)CC1. The quantitative estimate of drug-likeness (QED) is 0.778. The maximum Gasteiger partial charge on any atom is 0.272 e. The summed E-state index contributed by atoms with van der Waals surface area (Å²) in [5.41, 5.74) is 0.929. The van der Waals surface area contributed by atoms with Crippen LogP contribution < -0.4 is 0 Å². The molecule has 0 aromatic carbocycles. The lowest BCUT2D eigenvalue weighted by Crippen LogP contribution is -2.51. The van der Waals surface area contributed by atoms with Crippen LogP contribution in [0.1, 0.15) is 49.3 Å². The van der Waals surface area contributed by atoms with Crippen LogP contribution >= 0.6 is 0 Å². The highest BCUT2D eigenvalue weighted by atomic mass is 16.2. The zero-order valence-electron chi connectivity index (χ0n) is 14.5. The Hall–Kier alpha value is -1.29. The Bertz CT molecular complexity index is 542. The Labute approximate surface area is 142 Å². The first kappa shape index (κ1) is 18.1. The van der Waals surface area contributed by atoms with Crippen molar-refractivity contribution in [3.63, 3.8) is 0 Å². The average Bonchev–Trinajstić information content (AvgIpc) is 2.60. The molecule has 0 unspecified atom stereocenters. The minimum Gasteiger partial charge on any atom is -0.341 e. The van der Waals surface area contributed by atoms with Crippen molar-refractivity contribution in [2.45, 2.75) is 38.4 Å². The third kappa shape index (κ3) is 3.97. The third-order valence-corrected chi connectivity index (χ3v) is 4.91. The molecule has 0 bridgehead atoms. The number of pyridine rings is 1. The highest BCUT2D eigenvalue weighted by Gasteiger charge is 2.32. The molecule has 1 aliphatic heterocycles. The molecule has 120 valence electrons. The van der Waals surface area contributed by atoms with Crippen molar-refractivity contribution < 1.29 is 4.79 Å². The molecule has 2 rings (SSSR count). The summed E-state index contributed by atoms with van der Waals surface area (Å²) < 4.78 is 0. The molecule has 6 heteroatoms. The fraction of sp³-hybridized carbons (Fsp3) is 0.647. The van der Waals surface area contributed by atoms with E-state index in [0.29, 0.717) is 17.9 Å². The molecule has 0 spiro atoms. The van der Waals surface area contributed by atoms with E-state index in [9.17, 15) is 4.79 Å². The van der Waals surface area contributed by atoms with E-state index in [-0.39, 0.29) is 5.91 Å². The molecule has 0 atom stereocenters. The van der Waals surface area contributed by atoms with Gasteiger partial charge in [-0.1, -0.05) is 19.4 Å². The lowest BCUT2D eigenvalue weighted by molar-refractivity contribution is 0.0795. The van der Waals surface area contributed by atoms with E-state index in [2.05, 4.69) is 16.8 Å². The Balaban J connectivity index is 2.18. The van der Waals surface area contributed by atoms with Gasteiger partial charge in [0.2, 0.25) is 0 Å². The van der Waals surface area contributed by atoms with Gasteiger partial charge in [0.25, 0.3) is 5.91 Å². The van der Waals surface area contributed by atoms with E-state index in [1.54, 1.807) is 30.1 Å². The number of rotatable bonds is 5. The molecule has 2 heterocycles. The summed E-state index contributed by atoms with van der Waals surface area (Å²) in [6.07, 6.45) is 3.40. The van der Waals surface area contributed by atoms with E-state index in [1.807, 2.05) is 6.92 Å². The molecule has 1 amide bonds. The minimum absolute atomic E-state index is 0.116. The number of likely N-dealkylation sites (tertiary alicyclic amines) is 1. The van der Waals surface area contributed by atoms with Crippen LogP contribution in [0.3, 0.4) is 0 Å². The lowest BCUT2D eigenvalue weighted by Gasteiger charge is -2.43. The summed E-state index contributed by atoms with van der Waals surface area (Å²) >= 11 is 0. The van der Waals surface area contributed by atoms with E-state index in [1.165, 1.54) is 6.42 Å². The summed E-state index contributed by atoms with van der Waals surface area (Å²) in [4.78, 5) is 20.4. The van der Waals surface area contributed by atoms with Gasteiger partial charge in [0.05, 0.1) is 15.7 Å². The maximum atomic E-state index is 12.3. The van der Waals surface area contributed by atoms with Gasteiger partial charge in [-0.3, -0.25) is 4.79 Å². The van der Waals surface area contributed by atoms with Crippen molar-refractivity contribution in [3.8, 4) is 0 Å². The third-order valence-electron chi connectivity index (χ3n) is 4.91. The fourth-order valence-corrected chi connectivity index (χ4v) is 2.99. The summed E-state index contributed by atoms with van der Waals surface area (Å²) in [6.45, 7) is 6.50. The fourth-order valence-electron chi connectivity index (χ4n) is 2.99. The van der Waals surface area contributed by atoms with Crippen molar-refractivity contribution in [1.29, 1.82) is 0 Å². The monoisotopic (exact) mass is 309 g/mol. The van der Waals surface area contributed by atoms with Gasteiger partial charge in [0.15, 0.2) is 0 Å². The van der Waals surface area contributed by atoms with Crippen molar-refractivity contribution in [1.82, 2.24) is 14.8 Å². The maximum absolute atomic E-state index is 12.3. The summed E-state index contributed by atoms with van der Waals surface area (Å²) in [5, 5.41) is -1.14. The van der Waals surface area contributed by atoms with Crippen LogP contribution in [-0.4, -0.2) is 63.1 Å². The molecule has 4 radical (unpaired) electrons. The summed E-state index contributed by atoms with van der Waals surface area (Å²) in [6, 6.07) is 5.30. The van der Waals surface area contributed by atoms with E-state index < -0.39 is 5.34 Å². The number of nitrogens with zero attached hydrogens (tertiary/aromatic N) is 3. The molecule has 0 aliphatic carbocycles. The van der Waals surface area contributed by atoms with Gasteiger partial charge >= 0.3 is 0 Å². The van der Waals surface area contributed by atoms with Gasteiger partial charge in [-0.15, -0.1) is 0 Å². The molecule has 4 nitrogen and oxygen atoms in total. The normalized spacial score (nSPS) is 17.2. The van der Waals surface area contributed by atoms with Crippen molar-refractivity contribution in [2.24, 2.45) is 5.92 Å². The second-order valence-corrected chi connectivity index (χ2v) is 6.39. The van der Waals surface area contributed by atoms with Gasteiger partial charge in [-0.25, -0.2) is 4.98 Å². The second kappa shape index (κ2) is 7.52. The van der Waals surface area contributed by atoms with E-state index >= 15 is 0 Å². The number of aromatic nitrogens is 1. The molecule has 0 saturated carbocycles. The number of carbonyl (C=O) groups excluding carboxylic acids is 1. The van der Waals surface area contributed by atoms with Gasteiger partial charge in [-0.2, -0.15) is 0 Å². The molecule has 1 fully saturated rings. The first-order valence-corrected chi connectivity index (χ1v) is 8.45. The smallest absolute Gasteiger partial charge is 0.272 e. The van der Waals surface area contributed by atoms with Crippen LogP contribution in [-0.2, 0) is 5.34 Å². The Morgan fingerprint density at radius 1 is 1.35 bits per heavy atom. The predicted octanol–water partition coefficient (Wildman–Crippen LogP) is 1.74. The zero-order valence-corrected chi connectivity index (χ0v) is 14.5. The summed E-state index contributed by atoms with van der Waals surface area (Å²) in [5.74, 6) is 0.635. The first-order valence-electron chi connectivity index (χ1n) is 8.45. The lowest BCUT2D eigenvalue weighted by atomic mass is 9.58. The summed E-state index contributed by atoms with van der Waals surface area (Å²) in [7, 11) is 14.5. The molecule has 1 saturated heterocycles. The molecule has 0 N–H and O–H groups in total. The number of carbonyl (C=O) groups is 1. The number of hydrogen-bond acceptors (Lipinski definition) is 3. The van der Waals surface area contributed by atoms with Crippen LogP contribution in [0.5, 0.6) is 0 Å². The Morgan fingerprint density at radius 3 is 2.57 bits per heavy atom. The van der Waals surface area contributed by atoms with Crippen LogP contribution in [0.15, 0.2) is 18.2 Å². The van der Waals surface area contributed by atoms with Gasteiger partial charge in [0, 0.05) is 19.3 Å². The molecular weight excluding hydrogens is 284 g/mol. The molecule has 1 aliphatic rings. The van der Waals surface area contributed by atoms with Crippen LogP contribution in [0.25, 0.3) is 0 Å². The molecule has 1 aromatic heterocycles. The standard InChI is InChI=1S/C17H25B2N3O/c1-4-13-9-11-22(12-10-13)17(18,19)15-8-6-7-14(20-15)16(23)21(3)5-2/h6-8,13H,4-5,9-12H2,1-3H3. The average molecular weight is 309 g/mol. The first-order chi connectivity index (χ1) is 10.9. The van der Waals surface area contributed by atoms with Crippen molar-refractivity contribution >= 4 is 21.6 Å².